The molecular weight excluding hydrogens is 605 g/mol. The number of halogens is 3. The van der Waals surface area contributed by atoms with E-state index in [0.29, 0.717) is 24.9 Å². The third-order valence-corrected chi connectivity index (χ3v) is 8.92. The third kappa shape index (κ3) is 12.8. The van der Waals surface area contributed by atoms with Crippen molar-refractivity contribution in [1.82, 2.24) is 20.5 Å². The highest BCUT2D eigenvalue weighted by Gasteiger charge is 2.38. The number of amides is 1. The quantitative estimate of drug-likeness (QED) is 0.170. The van der Waals surface area contributed by atoms with Gasteiger partial charge in [-0.2, -0.15) is 13.2 Å². The van der Waals surface area contributed by atoms with Gasteiger partial charge in [0, 0.05) is 57.0 Å². The summed E-state index contributed by atoms with van der Waals surface area (Å²) in [6, 6.07) is 24.1. The fourth-order valence-electron chi connectivity index (χ4n) is 6.22. The molecule has 0 radical (unpaired) electrons. The number of carbonyl (C=O) groups is 2. The molecule has 1 aliphatic heterocycles. The van der Waals surface area contributed by atoms with Gasteiger partial charge in [0.1, 0.15) is 0 Å². The third-order valence-electron chi connectivity index (χ3n) is 8.92. The number of nitrogens with one attached hydrogen (secondary N) is 2. The summed E-state index contributed by atoms with van der Waals surface area (Å²) in [7, 11) is 0. The lowest BCUT2D eigenvalue weighted by Crippen LogP contribution is -2.45. The molecule has 7 nitrogen and oxygen atoms in total. The van der Waals surface area contributed by atoms with Crippen molar-refractivity contribution >= 4 is 11.9 Å². The molecule has 1 saturated heterocycles. The number of pyridine rings is 1. The first kappa shape index (κ1) is 36.1. The average Bonchev–Trinajstić information content (AvgIpc) is 3.61. The van der Waals surface area contributed by atoms with Crippen LogP contribution >= 0.6 is 0 Å². The molecule has 1 aromatic heterocycles. The van der Waals surface area contributed by atoms with E-state index in [0.717, 1.165) is 50.6 Å². The number of nitrogens with zero attached hydrogens (tertiary/aromatic N) is 2. The van der Waals surface area contributed by atoms with Gasteiger partial charge in [-0.05, 0) is 66.1 Å². The second-order valence-corrected chi connectivity index (χ2v) is 12.6. The minimum atomic E-state index is -5.08. The zero-order valence-corrected chi connectivity index (χ0v) is 27.0. The SMILES string of the molecule is O=C(CCC1CCCC1)N(Cc1ccc(-c2ccc(CNCCc3ccccn3)cc2)cc1)CC1CCCCN1.O=C(O)C(F)(F)F. The number of piperidine rings is 1. The fourth-order valence-corrected chi connectivity index (χ4v) is 6.22. The summed E-state index contributed by atoms with van der Waals surface area (Å²) in [5.41, 5.74) is 6.05. The molecule has 0 bridgehead atoms. The van der Waals surface area contributed by atoms with Gasteiger partial charge in [0.2, 0.25) is 5.91 Å². The summed E-state index contributed by atoms with van der Waals surface area (Å²) in [4.78, 5) is 28.8. The van der Waals surface area contributed by atoms with Crippen molar-refractivity contribution in [1.29, 1.82) is 0 Å². The second kappa shape index (κ2) is 18.5. The van der Waals surface area contributed by atoms with Gasteiger partial charge >= 0.3 is 12.1 Å². The normalized spacial score (nSPS) is 16.7. The maximum atomic E-state index is 13.4. The Morgan fingerprint density at radius 3 is 2.11 bits per heavy atom. The Labute approximate surface area is 276 Å². The van der Waals surface area contributed by atoms with E-state index < -0.39 is 12.1 Å². The average molecular weight is 653 g/mol. The second-order valence-electron chi connectivity index (χ2n) is 12.6. The van der Waals surface area contributed by atoms with Gasteiger partial charge < -0.3 is 20.6 Å². The van der Waals surface area contributed by atoms with Crippen LogP contribution in [0.25, 0.3) is 11.1 Å². The minimum Gasteiger partial charge on any atom is -0.475 e. The van der Waals surface area contributed by atoms with E-state index in [1.165, 1.54) is 67.2 Å². The maximum Gasteiger partial charge on any atom is 0.490 e. The number of rotatable bonds is 13. The van der Waals surface area contributed by atoms with E-state index in [2.05, 4.69) is 75.1 Å². The van der Waals surface area contributed by atoms with E-state index in [1.807, 2.05) is 18.3 Å². The zero-order chi connectivity index (χ0) is 33.5. The molecule has 2 fully saturated rings. The number of benzene rings is 2. The van der Waals surface area contributed by atoms with Crippen molar-refractivity contribution in [3.8, 4) is 11.1 Å². The lowest BCUT2D eigenvalue weighted by atomic mass is 10.00. The van der Waals surface area contributed by atoms with Crippen LogP contribution in [0.2, 0.25) is 0 Å². The minimum absolute atomic E-state index is 0.326. The number of hydrogen-bond donors (Lipinski definition) is 3. The Bertz CT molecular complexity index is 1360. The summed E-state index contributed by atoms with van der Waals surface area (Å²) >= 11 is 0. The van der Waals surface area contributed by atoms with Gasteiger partial charge in [-0.15, -0.1) is 0 Å². The van der Waals surface area contributed by atoms with Crippen LogP contribution in [-0.4, -0.2) is 58.7 Å². The number of alkyl halides is 3. The Morgan fingerprint density at radius 1 is 0.894 bits per heavy atom. The molecule has 1 unspecified atom stereocenters. The molecule has 10 heteroatoms. The van der Waals surface area contributed by atoms with Crippen LogP contribution in [-0.2, 0) is 29.1 Å². The number of carboxylic acids is 1. The molecule has 5 rings (SSSR count). The monoisotopic (exact) mass is 652 g/mol. The summed E-state index contributed by atoms with van der Waals surface area (Å²) in [6.07, 6.45) is 8.43. The Morgan fingerprint density at radius 2 is 1.53 bits per heavy atom. The molecule has 254 valence electrons. The zero-order valence-electron chi connectivity index (χ0n) is 27.0. The molecule has 1 amide bonds. The predicted octanol–water partition coefficient (Wildman–Crippen LogP) is 7.16. The molecule has 2 heterocycles. The number of aliphatic carboxylic acids is 1. The van der Waals surface area contributed by atoms with Gasteiger partial charge in [0.25, 0.3) is 0 Å². The molecule has 1 atom stereocenters. The van der Waals surface area contributed by atoms with Gasteiger partial charge in [0.05, 0.1) is 0 Å². The molecule has 1 aliphatic carbocycles. The molecular formula is C37H47F3N4O3. The highest BCUT2D eigenvalue weighted by Crippen LogP contribution is 2.29. The van der Waals surface area contributed by atoms with Crippen molar-refractivity contribution in [3.05, 3.63) is 89.7 Å². The van der Waals surface area contributed by atoms with E-state index in [4.69, 9.17) is 9.90 Å². The molecule has 1 saturated carbocycles. The molecule has 0 spiro atoms. The lowest BCUT2D eigenvalue weighted by molar-refractivity contribution is -0.192. The van der Waals surface area contributed by atoms with Crippen molar-refractivity contribution < 1.29 is 27.9 Å². The van der Waals surface area contributed by atoms with Crippen LogP contribution in [0.3, 0.4) is 0 Å². The molecule has 2 aliphatic rings. The number of carbonyl (C=O) groups excluding carboxylic acids is 1. The maximum absolute atomic E-state index is 13.4. The molecule has 3 aromatic rings. The Hall–Kier alpha value is -3.76. The van der Waals surface area contributed by atoms with E-state index in [-0.39, 0.29) is 0 Å². The number of hydrogen-bond acceptors (Lipinski definition) is 5. The first-order valence-electron chi connectivity index (χ1n) is 16.8. The van der Waals surface area contributed by atoms with E-state index >= 15 is 0 Å². The van der Waals surface area contributed by atoms with Gasteiger partial charge in [-0.25, -0.2) is 4.79 Å². The van der Waals surface area contributed by atoms with E-state index in [9.17, 15) is 18.0 Å². The highest BCUT2D eigenvalue weighted by atomic mass is 19.4. The smallest absolute Gasteiger partial charge is 0.475 e. The van der Waals surface area contributed by atoms with Crippen molar-refractivity contribution in [2.45, 2.75) is 89.5 Å². The first-order chi connectivity index (χ1) is 22.7. The first-order valence-corrected chi connectivity index (χ1v) is 16.8. The standard InChI is InChI=1S/C35H46N4O.C2HF3O2/c40-35(20-15-28-7-1-2-8-28)39(27-34-10-4-6-23-38-34)26-30-13-18-32(19-14-30)31-16-11-29(12-17-31)25-36-24-21-33-9-3-5-22-37-33;3-2(4,5)1(6)7/h3,5,9,11-14,16-19,22,28,34,36,38H,1-2,4,6-8,10,15,20-21,23-27H2;(H,6,7). The summed E-state index contributed by atoms with van der Waals surface area (Å²) < 4.78 is 31.7. The lowest BCUT2D eigenvalue weighted by Gasteiger charge is -2.31. The van der Waals surface area contributed by atoms with Crippen molar-refractivity contribution in [2.24, 2.45) is 5.92 Å². The number of aromatic nitrogens is 1. The predicted molar refractivity (Wildman–Crippen MR) is 177 cm³/mol. The highest BCUT2D eigenvalue weighted by molar-refractivity contribution is 5.76. The fraction of sp³-hybridized carbons (Fsp3) is 0.486. The Kier molecular flexibility index (Phi) is 14.2. The van der Waals surface area contributed by atoms with Crippen LogP contribution in [0.15, 0.2) is 72.9 Å². The largest absolute Gasteiger partial charge is 0.490 e. The summed E-state index contributed by atoms with van der Waals surface area (Å²) in [5.74, 6) is -1.67. The Balaban J connectivity index is 0.000000644. The van der Waals surface area contributed by atoms with Gasteiger partial charge in [0.15, 0.2) is 0 Å². The number of carboxylic acid groups (broad SMARTS) is 1. The van der Waals surface area contributed by atoms with Crippen molar-refractivity contribution in [3.63, 3.8) is 0 Å². The molecule has 3 N–H and O–H groups in total. The van der Waals surface area contributed by atoms with Crippen LogP contribution in [0.5, 0.6) is 0 Å². The van der Waals surface area contributed by atoms with Crippen LogP contribution in [0.1, 0.15) is 74.6 Å². The van der Waals surface area contributed by atoms with E-state index in [1.54, 1.807) is 0 Å². The molecule has 47 heavy (non-hydrogen) atoms. The van der Waals surface area contributed by atoms with Crippen LogP contribution in [0.4, 0.5) is 13.2 Å². The van der Waals surface area contributed by atoms with Gasteiger partial charge in [-0.3, -0.25) is 9.78 Å². The van der Waals surface area contributed by atoms with Crippen LogP contribution < -0.4 is 10.6 Å². The summed E-state index contributed by atoms with van der Waals surface area (Å²) in [5, 5.41) is 14.3. The van der Waals surface area contributed by atoms with Crippen molar-refractivity contribution in [2.75, 3.05) is 19.6 Å². The topological polar surface area (TPSA) is 94.6 Å². The molecule has 2 aromatic carbocycles. The van der Waals surface area contributed by atoms with Gasteiger partial charge in [-0.1, -0.05) is 86.7 Å². The van der Waals surface area contributed by atoms with Crippen LogP contribution in [0, 0.1) is 5.92 Å². The summed E-state index contributed by atoms with van der Waals surface area (Å²) in [6.45, 7) is 4.36.